The second-order valence-corrected chi connectivity index (χ2v) is 14.7. The number of phenolic OH excluding ortho intramolecular Hbond substituents is 1. The molecule has 1 saturated heterocycles. The Bertz CT molecular complexity index is 1660. The van der Waals surface area contributed by atoms with Crippen molar-refractivity contribution in [3.8, 4) is 5.75 Å². The average molecular weight is 649 g/mol. The Balaban J connectivity index is 1.23. The zero-order valence-electron chi connectivity index (χ0n) is 24.5. The molecule has 5 atom stereocenters. The van der Waals surface area contributed by atoms with Crippen molar-refractivity contribution in [3.05, 3.63) is 93.0 Å². The number of nitrogens with zero attached hydrogens (tertiary/aromatic N) is 3. The number of aliphatic hydroxyl groups excluding tert-OH is 1. The third kappa shape index (κ3) is 5.36. The summed E-state index contributed by atoms with van der Waals surface area (Å²) in [5.74, 6) is 2.01. The van der Waals surface area contributed by atoms with Gasteiger partial charge in [-0.3, -0.25) is 9.69 Å². The van der Waals surface area contributed by atoms with E-state index in [1.807, 2.05) is 30.3 Å². The monoisotopic (exact) mass is 647 g/mol. The van der Waals surface area contributed by atoms with Crippen LogP contribution in [-0.2, 0) is 17.6 Å². The van der Waals surface area contributed by atoms with Crippen LogP contribution in [0, 0.1) is 17.3 Å². The first-order chi connectivity index (χ1) is 21.2. The number of hydrogen-bond acceptors (Lipinski definition) is 6. The predicted molar refractivity (Wildman–Crippen MR) is 179 cm³/mol. The number of rotatable bonds is 5. The van der Waals surface area contributed by atoms with Gasteiger partial charge in [-0.2, -0.15) is 5.10 Å². The quantitative estimate of drug-likeness (QED) is 0.217. The Labute approximate surface area is 272 Å². The van der Waals surface area contributed by atoms with E-state index in [-0.39, 0.29) is 28.9 Å². The highest BCUT2D eigenvalue weighted by molar-refractivity contribution is 8.15. The standard InChI is InChI=1S/C35H35Cl2N3O3S/c1-35-15-14-26-27(29(35)12-13-32(35)42)11-4-21-18-31(41)22(16-28(21)26)17-30(20-2-5-23(36)6-3-20)38-39-34-40(33(43)19-44-34)25-9-7-24(37)8-10-25/h2-3,5-10,16,18,26-27,29,32,41-42H,4,11-15,17,19H2,1H3/b38-30+,39-34+/t26-,27+,29-,32-,35-/m0/s1. The van der Waals surface area contributed by atoms with Crippen molar-refractivity contribution < 1.29 is 15.0 Å². The smallest absolute Gasteiger partial charge is 0.243 e. The van der Waals surface area contributed by atoms with Crippen LogP contribution in [0.25, 0.3) is 0 Å². The summed E-state index contributed by atoms with van der Waals surface area (Å²) in [5.41, 5.74) is 5.60. The highest BCUT2D eigenvalue weighted by Gasteiger charge is 2.54. The van der Waals surface area contributed by atoms with E-state index in [2.05, 4.69) is 18.1 Å². The summed E-state index contributed by atoms with van der Waals surface area (Å²) in [6.45, 7) is 2.30. The summed E-state index contributed by atoms with van der Waals surface area (Å²) in [4.78, 5) is 14.4. The van der Waals surface area contributed by atoms with Crippen LogP contribution in [0.4, 0.5) is 5.69 Å². The van der Waals surface area contributed by atoms with Gasteiger partial charge in [0, 0.05) is 22.0 Å². The van der Waals surface area contributed by atoms with Crippen molar-refractivity contribution in [1.29, 1.82) is 0 Å². The number of anilines is 1. The molecule has 6 nitrogen and oxygen atoms in total. The molecule has 1 aliphatic heterocycles. The van der Waals surface area contributed by atoms with Crippen LogP contribution in [0.2, 0.25) is 10.0 Å². The fourth-order valence-electron chi connectivity index (χ4n) is 8.17. The van der Waals surface area contributed by atoms with Crippen LogP contribution >= 0.6 is 35.0 Å². The molecule has 228 valence electrons. The summed E-state index contributed by atoms with van der Waals surface area (Å²) < 4.78 is 0. The molecular weight excluding hydrogens is 613 g/mol. The van der Waals surface area contributed by atoms with Crippen molar-refractivity contribution >= 4 is 57.4 Å². The number of thioether (sulfide) groups is 1. The van der Waals surface area contributed by atoms with Crippen LogP contribution in [0.1, 0.15) is 67.2 Å². The molecule has 2 saturated carbocycles. The molecule has 2 N–H and O–H groups in total. The van der Waals surface area contributed by atoms with Gasteiger partial charge in [-0.25, -0.2) is 0 Å². The Morgan fingerprint density at radius 3 is 2.50 bits per heavy atom. The molecule has 3 aromatic carbocycles. The molecule has 0 unspecified atom stereocenters. The topological polar surface area (TPSA) is 85.5 Å². The minimum absolute atomic E-state index is 0.0194. The highest BCUT2D eigenvalue weighted by atomic mass is 35.5. The van der Waals surface area contributed by atoms with E-state index in [0.717, 1.165) is 49.7 Å². The summed E-state index contributed by atoms with van der Waals surface area (Å²) in [6, 6.07) is 18.7. The van der Waals surface area contributed by atoms with Crippen LogP contribution in [0.5, 0.6) is 5.75 Å². The molecule has 0 radical (unpaired) electrons. The number of hydrogen-bond donors (Lipinski definition) is 2. The molecular formula is C35H35Cl2N3O3S. The van der Waals surface area contributed by atoms with Crippen molar-refractivity contribution in [2.75, 3.05) is 10.7 Å². The fourth-order valence-corrected chi connectivity index (χ4v) is 9.24. The zero-order chi connectivity index (χ0) is 30.6. The summed E-state index contributed by atoms with van der Waals surface area (Å²) in [5, 5.41) is 33.1. The zero-order valence-corrected chi connectivity index (χ0v) is 26.9. The average Bonchev–Trinajstić information content (AvgIpc) is 3.54. The predicted octanol–water partition coefficient (Wildman–Crippen LogP) is 8.00. The van der Waals surface area contributed by atoms with E-state index < -0.39 is 0 Å². The molecule has 0 bridgehead atoms. The lowest BCUT2D eigenvalue weighted by Gasteiger charge is -2.50. The van der Waals surface area contributed by atoms with Gasteiger partial charge in [-0.1, -0.05) is 60.1 Å². The fraction of sp³-hybridized carbons (Fsp3) is 0.400. The minimum atomic E-state index is -0.200. The van der Waals surface area contributed by atoms with E-state index >= 15 is 0 Å². The Morgan fingerprint density at radius 1 is 1.02 bits per heavy atom. The Hall–Kier alpha value is -2.84. The van der Waals surface area contributed by atoms with Crippen LogP contribution in [0.3, 0.4) is 0 Å². The van der Waals surface area contributed by atoms with Gasteiger partial charge in [0.1, 0.15) is 5.75 Å². The number of carbonyl (C=O) groups is 1. The van der Waals surface area contributed by atoms with Gasteiger partial charge in [0.15, 0.2) is 5.17 Å². The molecule has 7 rings (SSSR count). The first-order valence-corrected chi connectivity index (χ1v) is 17.1. The van der Waals surface area contributed by atoms with E-state index in [1.54, 1.807) is 29.2 Å². The third-order valence-electron chi connectivity index (χ3n) is 10.5. The largest absolute Gasteiger partial charge is 0.508 e. The molecule has 1 heterocycles. The lowest BCUT2D eigenvalue weighted by molar-refractivity contribution is -0.115. The SMILES string of the molecule is C[C@]12CC[C@@H]3c4cc(C/C(=N\N=C5\SCC(=O)N5c5ccc(Cl)cc5)c5ccc(Cl)cc5)c(O)cc4CC[C@H]3[C@@H]1CC[C@@H]2O. The first-order valence-electron chi connectivity index (χ1n) is 15.4. The molecule has 4 aliphatic rings. The second kappa shape index (κ2) is 11.8. The second-order valence-electron chi connectivity index (χ2n) is 12.8. The summed E-state index contributed by atoms with van der Waals surface area (Å²) >= 11 is 13.6. The van der Waals surface area contributed by atoms with Crippen molar-refractivity contribution in [1.82, 2.24) is 0 Å². The number of fused-ring (bicyclic) bond motifs is 5. The van der Waals surface area contributed by atoms with Crippen LogP contribution < -0.4 is 4.90 Å². The Morgan fingerprint density at radius 2 is 1.75 bits per heavy atom. The number of amides is 1. The molecule has 3 aliphatic carbocycles. The lowest BCUT2D eigenvalue weighted by Crippen LogP contribution is -2.43. The molecule has 1 amide bonds. The van der Waals surface area contributed by atoms with Gasteiger partial charge in [0.05, 0.1) is 23.3 Å². The van der Waals surface area contributed by atoms with Gasteiger partial charge in [-0.15, -0.1) is 5.10 Å². The molecule has 44 heavy (non-hydrogen) atoms. The summed E-state index contributed by atoms with van der Waals surface area (Å²) in [7, 11) is 0. The number of carbonyl (C=O) groups excluding carboxylic acids is 1. The van der Waals surface area contributed by atoms with Gasteiger partial charge in [-0.05, 0) is 121 Å². The number of aryl methyl sites for hydroxylation is 1. The number of halogens is 2. The van der Waals surface area contributed by atoms with Crippen molar-refractivity contribution in [2.24, 2.45) is 27.5 Å². The van der Waals surface area contributed by atoms with Crippen LogP contribution in [-0.4, -0.2) is 38.9 Å². The van der Waals surface area contributed by atoms with E-state index in [9.17, 15) is 15.0 Å². The number of aliphatic hydroxyl groups is 1. The number of phenols is 1. The maximum Gasteiger partial charge on any atom is 0.243 e. The molecule has 0 spiro atoms. The van der Waals surface area contributed by atoms with E-state index in [1.165, 1.54) is 22.9 Å². The maximum atomic E-state index is 12.8. The maximum absolute atomic E-state index is 12.8. The first kappa shape index (κ1) is 29.8. The molecule has 3 fully saturated rings. The number of aromatic hydroxyl groups is 1. The van der Waals surface area contributed by atoms with Crippen LogP contribution in [0.15, 0.2) is 70.9 Å². The highest BCUT2D eigenvalue weighted by Crippen LogP contribution is 2.61. The van der Waals surface area contributed by atoms with Gasteiger partial charge in [0.2, 0.25) is 5.91 Å². The minimum Gasteiger partial charge on any atom is -0.508 e. The van der Waals surface area contributed by atoms with Gasteiger partial charge in [0.25, 0.3) is 0 Å². The van der Waals surface area contributed by atoms with E-state index in [4.69, 9.17) is 28.3 Å². The van der Waals surface area contributed by atoms with Crippen molar-refractivity contribution in [3.63, 3.8) is 0 Å². The Kier molecular flexibility index (Phi) is 8.02. The normalized spacial score (nSPS) is 29.1. The molecule has 3 aromatic rings. The molecule has 0 aromatic heterocycles. The number of amidine groups is 1. The lowest BCUT2D eigenvalue weighted by atomic mass is 9.55. The van der Waals surface area contributed by atoms with Crippen molar-refractivity contribution in [2.45, 2.75) is 63.9 Å². The molecule has 9 heteroatoms. The van der Waals surface area contributed by atoms with Gasteiger partial charge >= 0.3 is 0 Å². The summed E-state index contributed by atoms with van der Waals surface area (Å²) in [6.07, 6.45) is 6.32. The number of benzene rings is 3. The van der Waals surface area contributed by atoms with Gasteiger partial charge < -0.3 is 10.2 Å². The van der Waals surface area contributed by atoms with E-state index in [0.29, 0.717) is 50.8 Å². The third-order valence-corrected chi connectivity index (χ3v) is 11.9.